The van der Waals surface area contributed by atoms with Crippen LogP contribution in [0.1, 0.15) is 34.6 Å². The molecule has 0 saturated heterocycles. The number of halogens is 1. The number of rotatable bonds is 4. The number of thiazole rings is 1. The molecule has 3 nitrogen and oxygen atoms in total. The second-order valence-corrected chi connectivity index (χ2v) is 7.55. The minimum atomic E-state index is -0.206. The Hall–Kier alpha value is -2.17. The first kappa shape index (κ1) is 18.6. The van der Waals surface area contributed by atoms with Crippen LogP contribution >= 0.6 is 22.9 Å². The molecule has 3 aromatic rings. The summed E-state index contributed by atoms with van der Waals surface area (Å²) in [6.07, 6.45) is 0.886. The molecule has 3 rings (SSSR count). The lowest BCUT2D eigenvalue weighted by Gasteiger charge is -2.08. The molecule has 0 unspecified atom stereocenters. The fraction of sp³-hybridized carbons (Fsp3) is 0.238. The number of hydrogen-bond donors (Lipinski definition) is 0. The lowest BCUT2D eigenvalue weighted by molar-refractivity contribution is 0.0997. The van der Waals surface area contributed by atoms with Crippen molar-refractivity contribution in [3.8, 4) is 11.3 Å². The molecule has 0 atom stereocenters. The number of aryl methyl sites for hydroxylation is 2. The molecular formula is C21H21ClN2OS. The average molecular weight is 385 g/mol. The van der Waals surface area contributed by atoms with Crippen molar-refractivity contribution in [3.05, 3.63) is 74.4 Å². The van der Waals surface area contributed by atoms with Gasteiger partial charge in [-0.2, -0.15) is 4.99 Å². The fourth-order valence-corrected chi connectivity index (χ4v) is 4.20. The predicted octanol–water partition coefficient (Wildman–Crippen LogP) is 5.50. The summed E-state index contributed by atoms with van der Waals surface area (Å²) in [4.78, 5) is 19.0. The van der Waals surface area contributed by atoms with Gasteiger partial charge in [0.25, 0.3) is 5.91 Å². The SMILES string of the molecule is CCc1sc(=NC(=O)c2cccc(C)c2)n(CC)c1-c1ccc(Cl)cc1. The van der Waals surface area contributed by atoms with Gasteiger partial charge in [-0.05, 0) is 50.1 Å². The lowest BCUT2D eigenvalue weighted by Crippen LogP contribution is -2.17. The number of aromatic nitrogens is 1. The Balaban J connectivity index is 2.13. The first-order valence-corrected chi connectivity index (χ1v) is 9.87. The summed E-state index contributed by atoms with van der Waals surface area (Å²) in [5.74, 6) is -0.206. The molecule has 0 aliphatic carbocycles. The molecule has 0 N–H and O–H groups in total. The largest absolute Gasteiger partial charge is 0.316 e. The molecule has 1 aromatic heterocycles. The summed E-state index contributed by atoms with van der Waals surface area (Å²) < 4.78 is 2.11. The van der Waals surface area contributed by atoms with Crippen LogP contribution in [-0.4, -0.2) is 10.5 Å². The van der Waals surface area contributed by atoms with Crippen LogP contribution in [0.3, 0.4) is 0 Å². The number of carbonyl (C=O) groups is 1. The third-order valence-electron chi connectivity index (χ3n) is 4.20. The molecule has 0 saturated carbocycles. The Morgan fingerprint density at radius 2 is 1.88 bits per heavy atom. The van der Waals surface area contributed by atoms with Gasteiger partial charge in [-0.25, -0.2) is 0 Å². The minimum absolute atomic E-state index is 0.206. The topological polar surface area (TPSA) is 34.4 Å². The van der Waals surface area contributed by atoms with Crippen molar-refractivity contribution in [1.82, 2.24) is 4.57 Å². The highest BCUT2D eigenvalue weighted by Crippen LogP contribution is 2.27. The number of benzene rings is 2. The molecule has 0 spiro atoms. The van der Waals surface area contributed by atoms with Crippen molar-refractivity contribution in [2.24, 2.45) is 4.99 Å². The average Bonchev–Trinajstić information content (AvgIpc) is 2.99. The molecule has 0 aliphatic heterocycles. The van der Waals surface area contributed by atoms with Gasteiger partial charge in [-0.1, -0.05) is 48.4 Å². The first-order chi connectivity index (χ1) is 12.5. The normalized spacial score (nSPS) is 11.8. The summed E-state index contributed by atoms with van der Waals surface area (Å²) in [7, 11) is 0. The summed E-state index contributed by atoms with van der Waals surface area (Å²) in [6.45, 7) is 6.91. The quantitative estimate of drug-likeness (QED) is 0.584. The van der Waals surface area contributed by atoms with Crippen molar-refractivity contribution in [3.63, 3.8) is 0 Å². The summed E-state index contributed by atoms with van der Waals surface area (Å²) >= 11 is 7.61. The first-order valence-electron chi connectivity index (χ1n) is 8.67. The van der Waals surface area contributed by atoms with Crippen molar-refractivity contribution >= 4 is 28.8 Å². The second-order valence-electron chi connectivity index (χ2n) is 6.05. The maximum Gasteiger partial charge on any atom is 0.279 e. The van der Waals surface area contributed by atoms with E-state index in [1.54, 1.807) is 11.3 Å². The highest BCUT2D eigenvalue weighted by Gasteiger charge is 2.15. The molecule has 0 radical (unpaired) electrons. The Morgan fingerprint density at radius 1 is 1.15 bits per heavy atom. The molecule has 134 valence electrons. The third kappa shape index (κ3) is 3.81. The minimum Gasteiger partial charge on any atom is -0.316 e. The van der Waals surface area contributed by atoms with Crippen LogP contribution in [0.4, 0.5) is 0 Å². The van der Waals surface area contributed by atoms with E-state index in [-0.39, 0.29) is 5.91 Å². The molecule has 0 fully saturated rings. The van der Waals surface area contributed by atoms with E-state index in [1.807, 2.05) is 55.5 Å². The number of nitrogens with zero attached hydrogens (tertiary/aromatic N) is 2. The monoisotopic (exact) mass is 384 g/mol. The molecule has 0 bridgehead atoms. The van der Waals surface area contributed by atoms with Crippen LogP contribution in [0.25, 0.3) is 11.3 Å². The van der Waals surface area contributed by atoms with Crippen LogP contribution in [0.2, 0.25) is 5.02 Å². The second kappa shape index (κ2) is 8.02. The molecule has 26 heavy (non-hydrogen) atoms. The molecule has 5 heteroatoms. The number of amides is 1. The van der Waals surface area contributed by atoms with Gasteiger partial charge in [0.15, 0.2) is 4.80 Å². The fourth-order valence-electron chi connectivity index (χ4n) is 2.93. The smallest absolute Gasteiger partial charge is 0.279 e. The zero-order valence-corrected chi connectivity index (χ0v) is 16.7. The van der Waals surface area contributed by atoms with Crippen molar-refractivity contribution in [2.45, 2.75) is 33.7 Å². The summed E-state index contributed by atoms with van der Waals surface area (Å²) in [5, 5.41) is 0.713. The standard InChI is InChI=1S/C21H21ClN2OS/c1-4-18-19(15-9-11-17(22)12-10-15)24(5-2)21(26-18)23-20(25)16-8-6-7-14(3)13-16/h6-13H,4-5H2,1-3H3. The third-order valence-corrected chi connectivity index (χ3v) is 5.67. The van der Waals surface area contributed by atoms with E-state index in [9.17, 15) is 4.79 Å². The van der Waals surface area contributed by atoms with Crippen LogP contribution in [0.15, 0.2) is 53.5 Å². The zero-order chi connectivity index (χ0) is 18.7. The van der Waals surface area contributed by atoms with E-state index in [1.165, 1.54) is 4.88 Å². The Bertz CT molecular complexity index is 1000. The van der Waals surface area contributed by atoms with E-state index in [2.05, 4.69) is 23.4 Å². The molecular weight excluding hydrogens is 364 g/mol. The Labute approximate surface area is 162 Å². The molecule has 1 heterocycles. The maximum absolute atomic E-state index is 12.6. The Kier molecular flexibility index (Phi) is 5.74. The molecule has 1 amide bonds. The highest BCUT2D eigenvalue weighted by atomic mass is 35.5. The zero-order valence-electron chi connectivity index (χ0n) is 15.1. The van der Waals surface area contributed by atoms with Crippen LogP contribution in [-0.2, 0) is 13.0 Å². The van der Waals surface area contributed by atoms with Crippen molar-refractivity contribution in [2.75, 3.05) is 0 Å². The van der Waals surface area contributed by atoms with Gasteiger partial charge < -0.3 is 4.57 Å². The van der Waals surface area contributed by atoms with Gasteiger partial charge in [-0.3, -0.25) is 4.79 Å². The van der Waals surface area contributed by atoms with Gasteiger partial charge in [0.1, 0.15) is 0 Å². The van der Waals surface area contributed by atoms with E-state index < -0.39 is 0 Å². The highest BCUT2D eigenvalue weighted by molar-refractivity contribution is 7.09. The van der Waals surface area contributed by atoms with E-state index in [4.69, 9.17) is 11.6 Å². The molecule has 2 aromatic carbocycles. The predicted molar refractivity (Wildman–Crippen MR) is 109 cm³/mol. The van der Waals surface area contributed by atoms with E-state index >= 15 is 0 Å². The summed E-state index contributed by atoms with van der Waals surface area (Å²) in [6, 6.07) is 15.4. The van der Waals surface area contributed by atoms with Crippen LogP contribution in [0.5, 0.6) is 0 Å². The van der Waals surface area contributed by atoms with Gasteiger partial charge in [0, 0.05) is 22.0 Å². The van der Waals surface area contributed by atoms with Gasteiger partial charge in [0.2, 0.25) is 0 Å². The number of hydrogen-bond acceptors (Lipinski definition) is 2. The van der Waals surface area contributed by atoms with E-state index in [0.717, 1.165) is 34.6 Å². The van der Waals surface area contributed by atoms with Gasteiger partial charge in [-0.15, -0.1) is 11.3 Å². The number of carbonyl (C=O) groups excluding carboxylic acids is 1. The molecule has 0 aliphatic rings. The Morgan fingerprint density at radius 3 is 2.50 bits per heavy atom. The van der Waals surface area contributed by atoms with Crippen molar-refractivity contribution < 1.29 is 4.79 Å². The maximum atomic E-state index is 12.6. The lowest BCUT2D eigenvalue weighted by atomic mass is 10.1. The van der Waals surface area contributed by atoms with Crippen molar-refractivity contribution in [1.29, 1.82) is 0 Å². The van der Waals surface area contributed by atoms with Crippen LogP contribution < -0.4 is 4.80 Å². The van der Waals surface area contributed by atoms with E-state index in [0.29, 0.717) is 10.6 Å². The van der Waals surface area contributed by atoms with Gasteiger partial charge in [0.05, 0.1) is 5.69 Å². The van der Waals surface area contributed by atoms with Gasteiger partial charge >= 0.3 is 0 Å². The van der Waals surface area contributed by atoms with Crippen LogP contribution in [0, 0.1) is 6.92 Å². The summed E-state index contributed by atoms with van der Waals surface area (Å²) in [5.41, 5.74) is 3.88.